The molecule has 0 saturated carbocycles. The molecule has 2 saturated heterocycles. The van der Waals surface area contributed by atoms with Gasteiger partial charge in [0.15, 0.2) is 0 Å². The van der Waals surface area contributed by atoms with Crippen LogP contribution in [0, 0.1) is 0 Å². The number of nitrogens with one attached hydrogen (secondary N) is 1. The van der Waals surface area contributed by atoms with Gasteiger partial charge in [0, 0.05) is 18.6 Å². The third-order valence-corrected chi connectivity index (χ3v) is 4.35. The van der Waals surface area contributed by atoms with Gasteiger partial charge in [-0.1, -0.05) is 0 Å². The van der Waals surface area contributed by atoms with Gasteiger partial charge in [-0.05, 0) is 73.1 Å². The van der Waals surface area contributed by atoms with Gasteiger partial charge < -0.3 is 19.9 Å². The highest BCUT2D eigenvalue weighted by Crippen LogP contribution is 2.24. The van der Waals surface area contributed by atoms with Crippen molar-refractivity contribution in [3.8, 4) is 0 Å². The molecule has 122 valence electrons. The molecule has 0 aromatic rings. The van der Waals surface area contributed by atoms with Gasteiger partial charge in [-0.25, -0.2) is 4.79 Å². The first-order valence-corrected chi connectivity index (χ1v) is 8.27. The molecule has 2 aliphatic rings. The standard InChI is InChI=1S/C16H31N3O2/c1-16(2,3)21-15(20)19(14-6-5-9-17-12-14)13-7-10-18(4)11-8-13/h13-14,17H,5-12H2,1-4H3/t14-/m1/s1. The minimum absolute atomic E-state index is 0.134. The molecule has 21 heavy (non-hydrogen) atoms. The van der Waals surface area contributed by atoms with E-state index in [1.54, 1.807) is 0 Å². The second kappa shape index (κ2) is 6.97. The molecule has 0 aromatic carbocycles. The Morgan fingerprint density at radius 1 is 1.19 bits per heavy atom. The summed E-state index contributed by atoms with van der Waals surface area (Å²) in [6.45, 7) is 9.90. The van der Waals surface area contributed by atoms with Gasteiger partial charge in [0.2, 0.25) is 0 Å². The van der Waals surface area contributed by atoms with Crippen LogP contribution in [0.4, 0.5) is 4.79 Å². The molecule has 1 atom stereocenters. The average Bonchev–Trinajstić information content (AvgIpc) is 2.40. The molecular formula is C16H31N3O2. The average molecular weight is 297 g/mol. The Balaban J connectivity index is 2.07. The number of carbonyl (C=O) groups excluding carboxylic acids is 1. The van der Waals surface area contributed by atoms with Crippen LogP contribution in [0.25, 0.3) is 0 Å². The van der Waals surface area contributed by atoms with Crippen molar-refractivity contribution in [3.63, 3.8) is 0 Å². The molecule has 2 fully saturated rings. The van der Waals surface area contributed by atoms with Gasteiger partial charge in [0.05, 0.1) is 0 Å². The molecule has 2 rings (SSSR count). The van der Waals surface area contributed by atoms with Crippen molar-refractivity contribution in [1.82, 2.24) is 15.1 Å². The van der Waals surface area contributed by atoms with Crippen LogP contribution in [-0.4, -0.2) is 66.8 Å². The van der Waals surface area contributed by atoms with Gasteiger partial charge in [-0.3, -0.25) is 0 Å². The predicted molar refractivity (Wildman–Crippen MR) is 84.5 cm³/mol. The highest BCUT2D eigenvalue weighted by Gasteiger charge is 2.35. The van der Waals surface area contributed by atoms with Crippen molar-refractivity contribution >= 4 is 6.09 Å². The number of nitrogens with zero attached hydrogens (tertiary/aromatic N) is 2. The molecule has 2 aliphatic heterocycles. The second-order valence-electron chi connectivity index (χ2n) is 7.42. The monoisotopic (exact) mass is 297 g/mol. The molecule has 0 aromatic heterocycles. The first-order valence-electron chi connectivity index (χ1n) is 8.27. The Morgan fingerprint density at radius 2 is 1.86 bits per heavy atom. The van der Waals surface area contributed by atoms with Crippen molar-refractivity contribution in [3.05, 3.63) is 0 Å². The van der Waals surface area contributed by atoms with Gasteiger partial charge >= 0.3 is 6.09 Å². The Bertz CT molecular complexity index is 340. The summed E-state index contributed by atoms with van der Waals surface area (Å²) >= 11 is 0. The van der Waals surface area contributed by atoms with Crippen molar-refractivity contribution in [1.29, 1.82) is 0 Å². The number of likely N-dealkylation sites (tertiary alicyclic amines) is 1. The fraction of sp³-hybridized carbons (Fsp3) is 0.938. The Hall–Kier alpha value is -0.810. The first kappa shape index (κ1) is 16.6. The summed E-state index contributed by atoms with van der Waals surface area (Å²) in [7, 11) is 2.15. The molecular weight excluding hydrogens is 266 g/mol. The predicted octanol–water partition coefficient (Wildman–Crippen LogP) is 2.07. The van der Waals surface area contributed by atoms with E-state index in [0.717, 1.165) is 51.9 Å². The van der Waals surface area contributed by atoms with Gasteiger partial charge in [0.25, 0.3) is 0 Å². The van der Waals surface area contributed by atoms with Gasteiger partial charge in [-0.2, -0.15) is 0 Å². The number of ether oxygens (including phenoxy) is 1. The molecule has 2 heterocycles. The van der Waals surface area contributed by atoms with Crippen molar-refractivity contribution < 1.29 is 9.53 Å². The van der Waals surface area contributed by atoms with E-state index in [2.05, 4.69) is 17.3 Å². The number of amides is 1. The van der Waals surface area contributed by atoms with E-state index in [1.165, 1.54) is 0 Å². The number of carbonyl (C=O) groups is 1. The summed E-state index contributed by atoms with van der Waals surface area (Å²) in [5.74, 6) is 0. The molecule has 0 aliphatic carbocycles. The quantitative estimate of drug-likeness (QED) is 0.847. The van der Waals surface area contributed by atoms with E-state index in [4.69, 9.17) is 4.74 Å². The van der Waals surface area contributed by atoms with Crippen LogP contribution in [0.15, 0.2) is 0 Å². The molecule has 0 radical (unpaired) electrons. The summed E-state index contributed by atoms with van der Waals surface area (Å²) in [5.41, 5.74) is -0.428. The van der Waals surface area contributed by atoms with Crippen LogP contribution in [0.2, 0.25) is 0 Å². The SMILES string of the molecule is CN1CCC(N(C(=O)OC(C)(C)C)[C@@H]2CCCNC2)CC1. The van der Waals surface area contributed by atoms with E-state index < -0.39 is 5.60 Å². The number of hydrogen-bond acceptors (Lipinski definition) is 4. The van der Waals surface area contributed by atoms with E-state index in [0.29, 0.717) is 6.04 Å². The van der Waals surface area contributed by atoms with Crippen molar-refractivity contribution in [2.75, 3.05) is 33.2 Å². The van der Waals surface area contributed by atoms with E-state index >= 15 is 0 Å². The lowest BCUT2D eigenvalue weighted by molar-refractivity contribution is -0.00633. The van der Waals surface area contributed by atoms with Crippen LogP contribution in [-0.2, 0) is 4.74 Å². The second-order valence-corrected chi connectivity index (χ2v) is 7.42. The van der Waals surface area contributed by atoms with Crippen molar-refractivity contribution in [2.45, 2.75) is 64.1 Å². The fourth-order valence-corrected chi connectivity index (χ4v) is 3.25. The van der Waals surface area contributed by atoms with Crippen LogP contribution in [0.3, 0.4) is 0 Å². The highest BCUT2D eigenvalue weighted by molar-refractivity contribution is 5.69. The molecule has 1 amide bonds. The van der Waals surface area contributed by atoms with Crippen LogP contribution >= 0.6 is 0 Å². The minimum atomic E-state index is -0.428. The van der Waals surface area contributed by atoms with Gasteiger partial charge in [-0.15, -0.1) is 0 Å². The molecule has 5 heteroatoms. The van der Waals surface area contributed by atoms with Crippen LogP contribution in [0.1, 0.15) is 46.5 Å². The molecule has 5 nitrogen and oxygen atoms in total. The lowest BCUT2D eigenvalue weighted by Crippen LogP contribution is -2.56. The Kier molecular flexibility index (Phi) is 5.49. The largest absolute Gasteiger partial charge is 0.444 e. The van der Waals surface area contributed by atoms with E-state index in [1.807, 2.05) is 25.7 Å². The minimum Gasteiger partial charge on any atom is -0.444 e. The summed E-state index contributed by atoms with van der Waals surface area (Å²) in [6.07, 6.45) is 4.18. The smallest absolute Gasteiger partial charge is 0.410 e. The maximum atomic E-state index is 12.7. The van der Waals surface area contributed by atoms with Gasteiger partial charge in [0.1, 0.15) is 5.60 Å². The Labute approximate surface area is 129 Å². The summed E-state index contributed by atoms with van der Waals surface area (Å²) < 4.78 is 5.68. The maximum Gasteiger partial charge on any atom is 0.410 e. The fourth-order valence-electron chi connectivity index (χ4n) is 3.25. The van der Waals surface area contributed by atoms with Crippen LogP contribution < -0.4 is 5.32 Å². The van der Waals surface area contributed by atoms with E-state index in [9.17, 15) is 4.79 Å². The molecule has 0 spiro atoms. The summed E-state index contributed by atoms with van der Waals surface area (Å²) in [5, 5.41) is 3.42. The summed E-state index contributed by atoms with van der Waals surface area (Å²) in [6, 6.07) is 0.600. The zero-order valence-corrected chi connectivity index (χ0v) is 14.0. The first-order chi connectivity index (χ1) is 9.87. The van der Waals surface area contributed by atoms with Crippen molar-refractivity contribution in [2.24, 2.45) is 0 Å². The zero-order valence-electron chi connectivity index (χ0n) is 14.0. The van der Waals surface area contributed by atoms with E-state index in [-0.39, 0.29) is 12.1 Å². The summed E-state index contributed by atoms with van der Waals surface area (Å²) in [4.78, 5) is 17.1. The normalized spacial score (nSPS) is 25.6. The topological polar surface area (TPSA) is 44.8 Å². The third-order valence-electron chi connectivity index (χ3n) is 4.35. The number of piperidine rings is 2. The Morgan fingerprint density at radius 3 is 2.38 bits per heavy atom. The van der Waals surface area contributed by atoms with Crippen LogP contribution in [0.5, 0.6) is 0 Å². The molecule has 1 N–H and O–H groups in total. The zero-order chi connectivity index (χ0) is 15.5. The number of hydrogen-bond donors (Lipinski definition) is 1. The molecule has 0 unspecified atom stereocenters. The lowest BCUT2D eigenvalue weighted by atomic mass is 9.98. The third kappa shape index (κ3) is 4.85. The molecule has 0 bridgehead atoms. The lowest BCUT2D eigenvalue weighted by Gasteiger charge is -2.43. The maximum absolute atomic E-state index is 12.7. The highest BCUT2D eigenvalue weighted by atomic mass is 16.6. The number of rotatable bonds is 2.